The number of sulfonamides is 1. The zero-order chi connectivity index (χ0) is 21.0. The van der Waals surface area contributed by atoms with E-state index in [0.717, 1.165) is 10.8 Å². The molecule has 1 aliphatic heterocycles. The number of aromatic nitrogens is 1. The molecule has 28 heavy (non-hydrogen) atoms. The second-order valence-corrected chi connectivity index (χ2v) is 10.8. The molecular weight excluding hydrogens is 379 g/mol. The zero-order valence-electron chi connectivity index (χ0n) is 17.0. The van der Waals surface area contributed by atoms with Crippen molar-refractivity contribution < 1.29 is 23.3 Å². The molecule has 0 bridgehead atoms. The minimum absolute atomic E-state index is 0.0942. The summed E-state index contributed by atoms with van der Waals surface area (Å²) in [7, 11) is -2.10. The highest BCUT2D eigenvalue weighted by atomic mass is 32.2. The van der Waals surface area contributed by atoms with Gasteiger partial charge in [0.25, 0.3) is 0 Å². The lowest BCUT2D eigenvalue weighted by molar-refractivity contribution is -0.0893. The summed E-state index contributed by atoms with van der Waals surface area (Å²) in [5, 5.41) is 21.1. The first kappa shape index (κ1) is 21.3. The molecule has 3 rings (SSSR count). The van der Waals surface area contributed by atoms with Gasteiger partial charge in [-0.1, -0.05) is 6.07 Å². The van der Waals surface area contributed by atoms with Gasteiger partial charge in [0, 0.05) is 18.6 Å². The van der Waals surface area contributed by atoms with Crippen LogP contribution in [0.2, 0.25) is 0 Å². The topological polar surface area (TPSA) is 103 Å². The van der Waals surface area contributed by atoms with E-state index in [2.05, 4.69) is 4.98 Å². The van der Waals surface area contributed by atoms with Gasteiger partial charge in [0.1, 0.15) is 0 Å². The molecule has 2 aromatic rings. The second kappa shape index (κ2) is 6.85. The molecule has 153 valence electrons. The normalized spacial score (nSPS) is 22.1. The van der Waals surface area contributed by atoms with E-state index in [0.29, 0.717) is 18.5 Å². The largest absolute Gasteiger partial charge is 0.427 e. The van der Waals surface area contributed by atoms with E-state index in [1.54, 1.807) is 66.5 Å². The van der Waals surface area contributed by atoms with Gasteiger partial charge in [0.05, 0.1) is 21.7 Å². The van der Waals surface area contributed by atoms with E-state index in [4.69, 9.17) is 4.65 Å². The molecule has 1 unspecified atom stereocenters. The molecule has 0 amide bonds. The van der Waals surface area contributed by atoms with Crippen LogP contribution in [0.3, 0.4) is 0 Å². The molecular formula is C19H28BN2O5S. The predicted molar refractivity (Wildman–Crippen MR) is 109 cm³/mol. The summed E-state index contributed by atoms with van der Waals surface area (Å²) in [5.41, 5.74) is -1.39. The molecule has 3 N–H and O–H groups in total. The third-order valence-electron chi connectivity index (χ3n) is 5.69. The minimum Gasteiger partial charge on any atom is -0.427 e. The lowest BCUT2D eigenvalue weighted by Crippen LogP contribution is -2.49. The van der Waals surface area contributed by atoms with Gasteiger partial charge in [-0.3, -0.25) is 0 Å². The zero-order valence-corrected chi connectivity index (χ0v) is 17.8. The molecule has 1 aromatic heterocycles. The third-order valence-corrected chi connectivity index (χ3v) is 7.53. The first-order valence-electron chi connectivity index (χ1n) is 9.30. The van der Waals surface area contributed by atoms with Crippen LogP contribution in [0.5, 0.6) is 0 Å². The van der Waals surface area contributed by atoms with E-state index < -0.39 is 26.8 Å². The standard InChI is InChI=1S/C19H28BN2O5S/c1-17(2,23)18(3,4)27-20-15-11-21-16-10-13(6-7-14(15)16)28(25,26)22-9-8-19(5,24)12-22/h6-7,10-11,21,23-24H,8-9,12H2,1-5H3. The Labute approximate surface area is 167 Å². The average molecular weight is 407 g/mol. The number of rotatable bonds is 6. The molecule has 1 atom stereocenters. The molecule has 2 heterocycles. The fourth-order valence-corrected chi connectivity index (χ4v) is 4.58. The van der Waals surface area contributed by atoms with Crippen LogP contribution >= 0.6 is 0 Å². The lowest BCUT2D eigenvalue weighted by atomic mass is 9.82. The number of H-pyrrole nitrogens is 1. The van der Waals surface area contributed by atoms with Crippen molar-refractivity contribution in [2.45, 2.75) is 62.7 Å². The Morgan fingerprint density at radius 3 is 2.54 bits per heavy atom. The number of benzene rings is 1. The molecule has 1 radical (unpaired) electrons. The van der Waals surface area contributed by atoms with Crippen LogP contribution in [-0.2, 0) is 14.7 Å². The van der Waals surface area contributed by atoms with Crippen LogP contribution in [0.15, 0.2) is 29.3 Å². The maximum absolute atomic E-state index is 12.9. The third kappa shape index (κ3) is 4.00. The van der Waals surface area contributed by atoms with Gasteiger partial charge in [0.15, 0.2) is 0 Å². The van der Waals surface area contributed by atoms with Crippen LogP contribution in [-0.4, -0.2) is 65.3 Å². The Kier molecular flexibility index (Phi) is 5.21. The summed E-state index contributed by atoms with van der Waals surface area (Å²) in [6.07, 6.45) is 2.16. The fourth-order valence-electron chi connectivity index (χ4n) is 3.00. The fraction of sp³-hybridized carbons (Fsp3) is 0.579. The minimum atomic E-state index is -3.67. The average Bonchev–Trinajstić information content (AvgIpc) is 3.14. The summed E-state index contributed by atoms with van der Waals surface area (Å²) >= 11 is 0. The van der Waals surface area contributed by atoms with Crippen molar-refractivity contribution in [3.8, 4) is 0 Å². The van der Waals surface area contributed by atoms with Crippen molar-refractivity contribution in [2.24, 2.45) is 0 Å². The second-order valence-electron chi connectivity index (χ2n) is 8.84. The number of nitrogens with one attached hydrogen (secondary N) is 1. The van der Waals surface area contributed by atoms with Gasteiger partial charge < -0.3 is 19.9 Å². The predicted octanol–water partition coefficient (Wildman–Crippen LogP) is 1.12. The van der Waals surface area contributed by atoms with Crippen LogP contribution in [0.4, 0.5) is 0 Å². The highest BCUT2D eigenvalue weighted by Crippen LogP contribution is 2.28. The van der Waals surface area contributed by atoms with E-state index in [1.807, 2.05) is 0 Å². The van der Waals surface area contributed by atoms with Crippen molar-refractivity contribution >= 4 is 33.9 Å². The molecule has 1 aliphatic rings. The van der Waals surface area contributed by atoms with E-state index in [9.17, 15) is 18.6 Å². The maximum atomic E-state index is 12.9. The smallest absolute Gasteiger partial charge is 0.333 e. The van der Waals surface area contributed by atoms with E-state index >= 15 is 0 Å². The Hall–Kier alpha value is -1.39. The number of β-amino-alcohol motifs (C(OH)–C–C–N with tert-alkyl or cyclic N) is 1. The van der Waals surface area contributed by atoms with Crippen LogP contribution < -0.4 is 5.46 Å². The van der Waals surface area contributed by atoms with Gasteiger partial charge in [-0.25, -0.2) is 8.42 Å². The Morgan fingerprint density at radius 2 is 1.96 bits per heavy atom. The number of hydrogen-bond acceptors (Lipinski definition) is 5. The number of aromatic amines is 1. The molecule has 0 spiro atoms. The summed E-state index contributed by atoms with van der Waals surface area (Å²) < 4.78 is 32.9. The Balaban J connectivity index is 1.83. The maximum Gasteiger partial charge on any atom is 0.333 e. The van der Waals surface area contributed by atoms with Crippen molar-refractivity contribution in [3.63, 3.8) is 0 Å². The molecule has 0 aliphatic carbocycles. The molecule has 1 saturated heterocycles. The summed E-state index contributed by atoms with van der Waals surface area (Å²) in [6, 6.07) is 4.90. The van der Waals surface area contributed by atoms with E-state index in [1.165, 1.54) is 4.31 Å². The van der Waals surface area contributed by atoms with Crippen molar-refractivity contribution in [3.05, 3.63) is 24.4 Å². The van der Waals surface area contributed by atoms with Gasteiger partial charge >= 0.3 is 7.48 Å². The van der Waals surface area contributed by atoms with Gasteiger partial charge in [-0.2, -0.15) is 4.31 Å². The quantitative estimate of drug-likeness (QED) is 0.623. The first-order chi connectivity index (χ1) is 12.7. The van der Waals surface area contributed by atoms with E-state index in [-0.39, 0.29) is 11.4 Å². The number of fused-ring (bicyclic) bond motifs is 1. The summed E-state index contributed by atoms with van der Waals surface area (Å²) in [5.74, 6) is 0. The van der Waals surface area contributed by atoms with Gasteiger partial charge in [-0.05, 0) is 70.2 Å². The molecule has 7 nitrogen and oxygen atoms in total. The van der Waals surface area contributed by atoms with Gasteiger partial charge in [0.2, 0.25) is 10.0 Å². The van der Waals surface area contributed by atoms with Crippen molar-refractivity contribution in [1.82, 2.24) is 9.29 Å². The lowest BCUT2D eigenvalue weighted by Gasteiger charge is -2.37. The Bertz CT molecular complexity index is 976. The molecule has 0 saturated carbocycles. The molecule has 9 heteroatoms. The van der Waals surface area contributed by atoms with Gasteiger partial charge in [-0.15, -0.1) is 0 Å². The highest BCUT2D eigenvalue weighted by molar-refractivity contribution is 7.89. The van der Waals surface area contributed by atoms with Crippen LogP contribution in [0, 0.1) is 0 Å². The molecule has 1 fully saturated rings. The number of hydrogen-bond donors (Lipinski definition) is 3. The monoisotopic (exact) mass is 407 g/mol. The number of aliphatic hydroxyl groups is 2. The van der Waals surface area contributed by atoms with Crippen molar-refractivity contribution in [1.29, 1.82) is 0 Å². The van der Waals surface area contributed by atoms with Crippen molar-refractivity contribution in [2.75, 3.05) is 13.1 Å². The molecule has 1 aromatic carbocycles. The Morgan fingerprint density at radius 1 is 1.29 bits per heavy atom. The van der Waals surface area contributed by atoms with Crippen LogP contribution in [0.1, 0.15) is 41.0 Å². The summed E-state index contributed by atoms with van der Waals surface area (Å²) in [4.78, 5) is 3.26. The van der Waals surface area contributed by atoms with Crippen LogP contribution in [0.25, 0.3) is 10.9 Å². The SMILES string of the molecule is CC1(O)CCN(S(=O)(=O)c2ccc3c([B]OC(C)(C)C(C)(C)O)c[nH]c3c2)C1. The summed E-state index contributed by atoms with van der Waals surface area (Å²) in [6.45, 7) is 9.01. The number of nitrogens with zero attached hydrogens (tertiary/aromatic N) is 1. The highest BCUT2D eigenvalue weighted by Gasteiger charge is 2.39. The first-order valence-corrected chi connectivity index (χ1v) is 10.7.